The molecule has 0 aliphatic heterocycles. The molecule has 0 saturated heterocycles. The number of rotatable bonds is 16. The molecule has 0 bridgehead atoms. The van der Waals surface area contributed by atoms with E-state index in [2.05, 4.69) is 5.32 Å². The summed E-state index contributed by atoms with van der Waals surface area (Å²) in [5.41, 5.74) is 0.859. The summed E-state index contributed by atoms with van der Waals surface area (Å²) in [4.78, 5) is 24.1. The van der Waals surface area contributed by atoms with Gasteiger partial charge < -0.3 is 24.7 Å². The van der Waals surface area contributed by atoms with Crippen molar-refractivity contribution >= 4 is 21.9 Å². The number of Topliss-reactive ketones (excluding diaryl/α,β-unsaturated/α-hetero) is 1. The summed E-state index contributed by atoms with van der Waals surface area (Å²) in [6, 6.07) is 14.6. The Labute approximate surface area is 232 Å². The Balaban J connectivity index is 2.28. The first-order chi connectivity index (χ1) is 18.5. The highest BCUT2D eigenvalue weighted by molar-refractivity contribution is 7.89. The second-order valence-electron chi connectivity index (χ2n) is 9.98. The van der Waals surface area contributed by atoms with Crippen molar-refractivity contribution in [2.24, 2.45) is 5.92 Å². The summed E-state index contributed by atoms with van der Waals surface area (Å²) in [7, 11) is -2.45. The van der Waals surface area contributed by atoms with Crippen molar-refractivity contribution < 1.29 is 32.6 Å². The quantitative estimate of drug-likeness (QED) is 0.315. The second-order valence-corrected chi connectivity index (χ2v) is 11.9. The van der Waals surface area contributed by atoms with Crippen LogP contribution in [-0.4, -0.2) is 68.2 Å². The number of benzene rings is 2. The van der Waals surface area contributed by atoms with Crippen LogP contribution in [0.1, 0.15) is 52.5 Å². The van der Waals surface area contributed by atoms with E-state index in [0.717, 1.165) is 12.0 Å². The molecule has 216 valence electrons. The van der Waals surface area contributed by atoms with Crippen molar-refractivity contribution in [1.82, 2.24) is 9.62 Å². The van der Waals surface area contributed by atoms with Gasteiger partial charge in [-0.25, -0.2) is 13.2 Å². The molecule has 0 aliphatic rings. The number of ether oxygens (including phenoxy) is 2. The summed E-state index contributed by atoms with van der Waals surface area (Å²) in [5, 5.41) is 14.1. The normalized spacial score (nSPS) is 14.7. The van der Waals surface area contributed by atoms with Crippen LogP contribution < -0.4 is 10.1 Å². The maximum atomic E-state index is 13.6. The third-order valence-corrected chi connectivity index (χ3v) is 8.42. The third kappa shape index (κ3) is 10.6. The van der Waals surface area contributed by atoms with Gasteiger partial charge in [0.25, 0.3) is 0 Å². The number of carbonyl (C=O) groups excluding carboxylic acids is 2. The fourth-order valence-corrected chi connectivity index (χ4v) is 5.54. The summed E-state index contributed by atoms with van der Waals surface area (Å²) in [5.74, 6) is 0.575. The van der Waals surface area contributed by atoms with E-state index in [1.54, 1.807) is 19.1 Å². The fraction of sp³-hybridized carbons (Fsp3) is 0.517. The van der Waals surface area contributed by atoms with Crippen LogP contribution in [0.3, 0.4) is 0 Å². The highest BCUT2D eigenvalue weighted by Crippen LogP contribution is 2.22. The van der Waals surface area contributed by atoms with Gasteiger partial charge in [0.15, 0.2) is 0 Å². The largest absolute Gasteiger partial charge is 0.497 e. The number of nitrogens with one attached hydrogen (secondary N) is 1. The molecule has 9 nitrogen and oxygen atoms in total. The molecular formula is C29H42N2O7S. The molecule has 0 radical (unpaired) electrons. The van der Waals surface area contributed by atoms with Gasteiger partial charge in [-0.2, -0.15) is 4.31 Å². The standard InChI is InChI=1S/C29H42N2O7S/c1-6-21(2)19-31(39(35,36)26-16-14-25(37-5)15-17-26)20-28(33)27(18-24-10-8-7-9-11-24)30-29(34)38-23(4)13-12-22(3)32/h7-11,14-17,21,23,27-28,33H,6,12-13,18-20H2,1-5H3,(H,30,34)/t21-,23-,27+,28-/m1/s1. The molecule has 2 rings (SSSR count). The third-order valence-electron chi connectivity index (χ3n) is 6.58. The monoisotopic (exact) mass is 562 g/mol. The molecule has 0 unspecified atom stereocenters. The lowest BCUT2D eigenvalue weighted by molar-refractivity contribution is -0.117. The van der Waals surface area contributed by atoms with Crippen LogP contribution in [0.25, 0.3) is 0 Å². The number of hydrogen-bond donors (Lipinski definition) is 2. The molecule has 1 amide bonds. The molecule has 2 aromatic carbocycles. The van der Waals surface area contributed by atoms with Crippen molar-refractivity contribution in [2.75, 3.05) is 20.2 Å². The van der Waals surface area contributed by atoms with Gasteiger partial charge in [-0.05, 0) is 62.4 Å². The predicted octanol–water partition coefficient (Wildman–Crippen LogP) is 4.19. The van der Waals surface area contributed by atoms with Gasteiger partial charge in [0.05, 0.1) is 24.2 Å². The minimum atomic E-state index is -3.95. The number of nitrogens with zero attached hydrogens (tertiary/aromatic N) is 1. The molecule has 2 aromatic rings. The molecule has 0 spiro atoms. The van der Waals surface area contributed by atoms with Crippen LogP contribution in [0.15, 0.2) is 59.5 Å². The Morgan fingerprint density at radius 1 is 1.03 bits per heavy atom. The minimum absolute atomic E-state index is 0.00250. The van der Waals surface area contributed by atoms with Gasteiger partial charge in [0.1, 0.15) is 17.6 Å². The molecule has 10 heteroatoms. The van der Waals surface area contributed by atoms with Gasteiger partial charge >= 0.3 is 6.09 Å². The fourth-order valence-electron chi connectivity index (χ4n) is 3.97. The average molecular weight is 563 g/mol. The van der Waals surface area contributed by atoms with E-state index in [4.69, 9.17) is 9.47 Å². The molecule has 0 aliphatic carbocycles. The summed E-state index contributed by atoms with van der Waals surface area (Å²) in [6.07, 6.45) is -0.782. The van der Waals surface area contributed by atoms with Crippen molar-refractivity contribution in [1.29, 1.82) is 0 Å². The lowest BCUT2D eigenvalue weighted by Gasteiger charge is -2.31. The van der Waals surface area contributed by atoms with E-state index >= 15 is 0 Å². The lowest BCUT2D eigenvalue weighted by Crippen LogP contribution is -2.51. The van der Waals surface area contributed by atoms with Gasteiger partial charge in [-0.15, -0.1) is 0 Å². The van der Waals surface area contributed by atoms with Crippen molar-refractivity contribution in [2.45, 2.75) is 76.5 Å². The van der Waals surface area contributed by atoms with Crippen molar-refractivity contribution in [3.05, 3.63) is 60.2 Å². The van der Waals surface area contributed by atoms with E-state index in [0.29, 0.717) is 12.2 Å². The minimum Gasteiger partial charge on any atom is -0.497 e. The van der Waals surface area contributed by atoms with Crippen molar-refractivity contribution in [3.8, 4) is 5.75 Å². The van der Waals surface area contributed by atoms with Gasteiger partial charge in [-0.1, -0.05) is 50.6 Å². The number of aliphatic hydroxyl groups excluding tert-OH is 1. The Kier molecular flexibility index (Phi) is 12.9. The number of sulfonamides is 1. The van der Waals surface area contributed by atoms with Gasteiger partial charge in [-0.3, -0.25) is 0 Å². The first-order valence-corrected chi connectivity index (χ1v) is 14.7. The van der Waals surface area contributed by atoms with E-state index in [9.17, 15) is 23.1 Å². The molecule has 39 heavy (non-hydrogen) atoms. The first-order valence-electron chi connectivity index (χ1n) is 13.3. The summed E-state index contributed by atoms with van der Waals surface area (Å²) < 4.78 is 39.1. The van der Waals surface area contributed by atoms with Crippen LogP contribution in [0, 0.1) is 5.92 Å². The van der Waals surface area contributed by atoms with Crippen LogP contribution >= 0.6 is 0 Å². The number of alkyl carbamates (subject to hydrolysis) is 1. The van der Waals surface area contributed by atoms with E-state index < -0.39 is 34.4 Å². The van der Waals surface area contributed by atoms with Crippen LogP contribution in [-0.2, 0) is 26.0 Å². The van der Waals surface area contributed by atoms with E-state index in [1.807, 2.05) is 44.2 Å². The predicted molar refractivity (Wildman–Crippen MR) is 150 cm³/mol. The maximum Gasteiger partial charge on any atom is 0.407 e. The summed E-state index contributed by atoms with van der Waals surface area (Å²) >= 11 is 0. The smallest absolute Gasteiger partial charge is 0.407 e. The van der Waals surface area contributed by atoms with Crippen molar-refractivity contribution in [3.63, 3.8) is 0 Å². The number of aliphatic hydroxyl groups is 1. The highest BCUT2D eigenvalue weighted by atomic mass is 32.2. The Morgan fingerprint density at radius 3 is 2.23 bits per heavy atom. The molecule has 0 fully saturated rings. The zero-order chi connectivity index (χ0) is 29.0. The second kappa shape index (κ2) is 15.6. The van der Waals surface area contributed by atoms with E-state index in [-0.39, 0.29) is 42.5 Å². The number of amides is 1. The zero-order valence-corrected chi connectivity index (χ0v) is 24.3. The Bertz CT molecular complexity index is 1140. The topological polar surface area (TPSA) is 122 Å². The number of carbonyl (C=O) groups is 2. The molecule has 2 N–H and O–H groups in total. The molecule has 0 aromatic heterocycles. The zero-order valence-electron chi connectivity index (χ0n) is 23.5. The Morgan fingerprint density at radius 2 is 1.67 bits per heavy atom. The SMILES string of the molecule is CC[C@@H](C)CN(C[C@@H](O)[C@H](Cc1ccccc1)NC(=O)O[C@H](C)CCC(C)=O)S(=O)(=O)c1ccc(OC)cc1. The van der Waals surface area contributed by atoms with E-state index in [1.165, 1.54) is 30.5 Å². The molecule has 0 heterocycles. The van der Waals surface area contributed by atoms with Crippen LogP contribution in [0.5, 0.6) is 5.75 Å². The number of hydrogen-bond acceptors (Lipinski definition) is 7. The van der Waals surface area contributed by atoms with Crippen LogP contribution in [0.2, 0.25) is 0 Å². The lowest BCUT2D eigenvalue weighted by atomic mass is 10.0. The highest BCUT2D eigenvalue weighted by Gasteiger charge is 2.32. The maximum absolute atomic E-state index is 13.6. The van der Waals surface area contributed by atoms with Gasteiger partial charge in [0, 0.05) is 19.5 Å². The molecule has 0 saturated carbocycles. The average Bonchev–Trinajstić information content (AvgIpc) is 2.91. The molecular weight excluding hydrogens is 520 g/mol. The number of ketones is 1. The first kappa shape index (κ1) is 32.3. The van der Waals surface area contributed by atoms with Crippen LogP contribution in [0.4, 0.5) is 4.79 Å². The van der Waals surface area contributed by atoms with Gasteiger partial charge in [0.2, 0.25) is 10.0 Å². The molecule has 4 atom stereocenters. The Hall–Kier alpha value is -2.95. The number of methoxy groups -OCH3 is 1. The summed E-state index contributed by atoms with van der Waals surface area (Å²) in [6.45, 7) is 7.07.